The third kappa shape index (κ3) is 8.13. The molecule has 0 saturated heterocycles. The third-order valence-electron chi connectivity index (χ3n) is 12.8. The average molecular weight is 710 g/mol. The van der Waals surface area contributed by atoms with Crippen molar-refractivity contribution in [3.63, 3.8) is 0 Å². The Labute approximate surface area is 324 Å². The minimum absolute atomic E-state index is 0.386. The topological polar surface area (TPSA) is 12.0 Å². The second-order valence-corrected chi connectivity index (χ2v) is 16.3. The predicted molar refractivity (Wildman–Crippen MR) is 234 cm³/mol. The van der Waals surface area contributed by atoms with Crippen LogP contribution in [0.2, 0.25) is 0 Å². The Bertz CT molecular complexity index is 2230. The van der Waals surface area contributed by atoms with Crippen molar-refractivity contribution in [2.75, 3.05) is 6.54 Å². The van der Waals surface area contributed by atoms with E-state index in [-0.39, 0.29) is 0 Å². The van der Waals surface area contributed by atoms with Crippen LogP contribution >= 0.6 is 0 Å². The van der Waals surface area contributed by atoms with Crippen molar-refractivity contribution in [3.05, 3.63) is 166 Å². The second-order valence-electron chi connectivity index (χ2n) is 16.3. The molecule has 3 aromatic carbocycles. The number of hydrogen-bond donors (Lipinski definition) is 1. The van der Waals surface area contributed by atoms with Crippen molar-refractivity contribution in [2.45, 2.75) is 96.9 Å². The monoisotopic (exact) mass is 709 g/mol. The van der Waals surface area contributed by atoms with Gasteiger partial charge in [0.2, 0.25) is 0 Å². The molecule has 0 bridgehead atoms. The molecule has 54 heavy (non-hydrogen) atoms. The van der Waals surface area contributed by atoms with E-state index in [1.807, 2.05) is 0 Å². The van der Waals surface area contributed by atoms with Crippen LogP contribution in [0, 0.1) is 17.8 Å². The van der Waals surface area contributed by atoms with Gasteiger partial charge in [-0.1, -0.05) is 164 Å². The molecule has 0 heterocycles. The predicted octanol–water partition coefficient (Wildman–Crippen LogP) is 12.3. The van der Waals surface area contributed by atoms with Gasteiger partial charge in [0, 0.05) is 18.5 Å². The van der Waals surface area contributed by atoms with Crippen LogP contribution in [0.15, 0.2) is 145 Å². The molecule has 0 amide bonds. The van der Waals surface area contributed by atoms with E-state index in [1.165, 1.54) is 105 Å². The lowest BCUT2D eigenvalue weighted by Gasteiger charge is -2.32. The fourth-order valence-electron chi connectivity index (χ4n) is 9.79. The summed E-state index contributed by atoms with van der Waals surface area (Å²) in [7, 11) is 0. The highest BCUT2D eigenvalue weighted by Crippen LogP contribution is 2.37. The minimum Gasteiger partial charge on any atom is -0.306 e. The fraction of sp³-hybridized carbons (Fsp3) is 0.358. The molecule has 1 N–H and O–H groups in total. The van der Waals surface area contributed by atoms with Crippen LogP contribution in [0.25, 0.3) is 33.1 Å². The fourth-order valence-corrected chi connectivity index (χ4v) is 9.79. The average Bonchev–Trinajstić information content (AvgIpc) is 3.23. The molecule has 0 saturated carbocycles. The zero-order valence-corrected chi connectivity index (χ0v) is 32.7. The number of rotatable bonds is 12. The van der Waals surface area contributed by atoms with Gasteiger partial charge in [0.15, 0.2) is 0 Å². The quantitative estimate of drug-likeness (QED) is 0.112. The van der Waals surface area contributed by atoms with Crippen LogP contribution in [0.3, 0.4) is 0 Å². The Hall–Kier alpha value is -4.46. The number of hydrogen-bond acceptors (Lipinski definition) is 1. The maximum atomic E-state index is 4.02. The smallest absolute Gasteiger partial charge is 0.0259 e. The molecule has 276 valence electrons. The van der Waals surface area contributed by atoms with Gasteiger partial charge in [-0.25, -0.2) is 0 Å². The Kier molecular flexibility index (Phi) is 11.7. The summed E-state index contributed by atoms with van der Waals surface area (Å²) in [4.78, 5) is 0. The van der Waals surface area contributed by atoms with Crippen LogP contribution in [0.1, 0.15) is 102 Å². The molecule has 0 aliphatic heterocycles. The largest absolute Gasteiger partial charge is 0.306 e. The van der Waals surface area contributed by atoms with Gasteiger partial charge < -0.3 is 5.32 Å². The van der Waals surface area contributed by atoms with Gasteiger partial charge in [0.1, 0.15) is 0 Å². The zero-order valence-electron chi connectivity index (χ0n) is 32.7. The molecular weight excluding hydrogens is 651 g/mol. The molecule has 8 rings (SSSR count). The van der Waals surface area contributed by atoms with E-state index in [1.54, 1.807) is 5.57 Å². The first-order chi connectivity index (χ1) is 26.7. The van der Waals surface area contributed by atoms with Gasteiger partial charge in [-0.2, -0.15) is 0 Å². The van der Waals surface area contributed by atoms with Crippen LogP contribution < -0.4 is 15.8 Å². The molecule has 5 aliphatic carbocycles. The summed E-state index contributed by atoms with van der Waals surface area (Å²) in [6, 6.07) is 23.5. The van der Waals surface area contributed by atoms with Gasteiger partial charge in [-0.15, -0.1) is 0 Å². The lowest BCUT2D eigenvalue weighted by Crippen LogP contribution is -2.35. The molecule has 0 fully saturated rings. The van der Waals surface area contributed by atoms with Crippen molar-refractivity contribution in [2.24, 2.45) is 17.8 Å². The summed E-state index contributed by atoms with van der Waals surface area (Å²) in [5.41, 5.74) is 11.6. The maximum Gasteiger partial charge on any atom is 0.0259 e. The summed E-state index contributed by atoms with van der Waals surface area (Å²) in [5.74, 6) is 1.88. The Morgan fingerprint density at radius 1 is 0.796 bits per heavy atom. The highest BCUT2D eigenvalue weighted by molar-refractivity contribution is 6.01. The molecule has 3 aromatic rings. The molecule has 0 radical (unpaired) electrons. The molecule has 1 nitrogen and oxygen atoms in total. The standard InChI is InChI=1S/C53H59N/c1-3-4-6-16-39-17-15-22-43(35-39)48-32-31-46(50-23-11-12-25-52(48)50)38(2)27-28-44(37-54-45-30-29-40-18-9-10-21-42(40)36-45)49-34-33-47(41-19-7-5-8-20-41)51-24-13-14-26-53(49)51/h5,7,10-15,17,19,21,23-30,33-35,40,42-43,45,54H,3-4,6,8-9,16,18,20,22,31-32,36-37H2,1-2H3/b38-27+,44-28+. The van der Waals surface area contributed by atoms with Gasteiger partial charge in [-0.05, 0) is 138 Å². The molecule has 4 unspecified atom stereocenters. The summed E-state index contributed by atoms with van der Waals surface area (Å²) in [6.07, 6.45) is 43.3. The van der Waals surface area contributed by atoms with E-state index in [9.17, 15) is 0 Å². The number of fused-ring (bicyclic) bond motifs is 3. The van der Waals surface area contributed by atoms with Crippen molar-refractivity contribution < 1.29 is 0 Å². The molecular formula is C53H59N. The highest BCUT2D eigenvalue weighted by atomic mass is 14.9. The number of nitrogens with one attached hydrogen (secondary N) is 1. The van der Waals surface area contributed by atoms with Crippen molar-refractivity contribution >= 4 is 33.1 Å². The molecule has 1 heteroatoms. The summed E-state index contributed by atoms with van der Waals surface area (Å²) in [5, 5.41) is 9.62. The molecule has 5 aliphatic rings. The van der Waals surface area contributed by atoms with E-state index in [0.717, 1.165) is 38.6 Å². The van der Waals surface area contributed by atoms with Crippen LogP contribution in [0.5, 0.6) is 0 Å². The van der Waals surface area contributed by atoms with Crippen molar-refractivity contribution in [1.29, 1.82) is 0 Å². The minimum atomic E-state index is 0.386. The molecule has 0 aromatic heterocycles. The molecule has 4 atom stereocenters. The Balaban J connectivity index is 1.16. The van der Waals surface area contributed by atoms with E-state index < -0.39 is 0 Å². The SMILES string of the molecule is CCCCCC1=CC(C2=c3ccccc3=C(/C(C)=C/C=C(\CNC3C=CC4CCC=CC4C3)c3ccc(C4=CC=CCC4)c4ccccc34)CC2)CC=C1. The van der Waals surface area contributed by atoms with Gasteiger partial charge in [0.25, 0.3) is 0 Å². The van der Waals surface area contributed by atoms with Crippen molar-refractivity contribution in [3.8, 4) is 0 Å². The van der Waals surface area contributed by atoms with Gasteiger partial charge >= 0.3 is 0 Å². The first-order valence-electron chi connectivity index (χ1n) is 21.2. The first kappa shape index (κ1) is 36.5. The van der Waals surface area contributed by atoms with Crippen LogP contribution in [0.4, 0.5) is 0 Å². The normalized spacial score (nSPS) is 24.0. The zero-order chi connectivity index (χ0) is 36.7. The lowest BCUT2D eigenvalue weighted by molar-refractivity contribution is 0.354. The Morgan fingerprint density at radius 3 is 2.54 bits per heavy atom. The van der Waals surface area contributed by atoms with Gasteiger partial charge in [-0.3, -0.25) is 0 Å². The Morgan fingerprint density at radius 2 is 1.67 bits per heavy atom. The first-order valence-corrected chi connectivity index (χ1v) is 21.2. The van der Waals surface area contributed by atoms with E-state index >= 15 is 0 Å². The second kappa shape index (κ2) is 17.3. The summed E-state index contributed by atoms with van der Waals surface area (Å²) in [6.45, 7) is 5.48. The van der Waals surface area contributed by atoms with Crippen LogP contribution in [-0.2, 0) is 0 Å². The van der Waals surface area contributed by atoms with Crippen LogP contribution in [-0.4, -0.2) is 12.6 Å². The summed E-state index contributed by atoms with van der Waals surface area (Å²) < 4.78 is 0. The lowest BCUT2D eigenvalue weighted by atomic mass is 9.76. The highest BCUT2D eigenvalue weighted by Gasteiger charge is 2.26. The number of allylic oxidation sites excluding steroid dienone is 14. The summed E-state index contributed by atoms with van der Waals surface area (Å²) >= 11 is 0. The van der Waals surface area contributed by atoms with E-state index in [2.05, 4.69) is 153 Å². The maximum absolute atomic E-state index is 4.02. The van der Waals surface area contributed by atoms with Crippen molar-refractivity contribution in [1.82, 2.24) is 5.32 Å². The van der Waals surface area contributed by atoms with E-state index in [0.29, 0.717) is 23.8 Å². The third-order valence-corrected chi connectivity index (χ3v) is 12.8. The number of benzene rings is 3. The van der Waals surface area contributed by atoms with Gasteiger partial charge in [0.05, 0.1) is 0 Å². The van der Waals surface area contributed by atoms with E-state index in [4.69, 9.17) is 0 Å². The number of unbranched alkanes of at least 4 members (excludes halogenated alkanes) is 2. The molecule has 0 spiro atoms.